The minimum atomic E-state index is -1.38. The Kier molecular flexibility index (Phi) is 10.6. The second kappa shape index (κ2) is 12.6. The zero-order valence-corrected chi connectivity index (χ0v) is 18.4. The number of carboxylic acids is 1. The first kappa shape index (κ1) is 26.9. The molecule has 5 atom stereocenters. The average molecular weight is 453 g/mol. The van der Waals surface area contributed by atoms with Gasteiger partial charge in [-0.05, 0) is 37.0 Å². The number of hydrogen-bond acceptors (Lipinski definition) is 7. The Labute approximate surface area is 186 Å². The van der Waals surface area contributed by atoms with Crippen LogP contribution in [0.1, 0.15) is 32.8 Å². The molecule has 0 aliphatic carbocycles. The summed E-state index contributed by atoms with van der Waals surface area (Å²) >= 11 is 0. The van der Waals surface area contributed by atoms with Crippen LogP contribution in [-0.4, -0.2) is 69.8 Å². The predicted molar refractivity (Wildman–Crippen MR) is 115 cm³/mol. The van der Waals surface area contributed by atoms with E-state index in [1.54, 1.807) is 26.0 Å². The number of nitrogens with two attached hydrogens (primary N) is 1. The third-order valence-corrected chi connectivity index (χ3v) is 5.00. The molecule has 0 saturated carbocycles. The summed E-state index contributed by atoms with van der Waals surface area (Å²) in [7, 11) is 0. The monoisotopic (exact) mass is 452 g/mol. The van der Waals surface area contributed by atoms with Gasteiger partial charge in [0.25, 0.3) is 0 Å². The smallest absolute Gasteiger partial charge is 0.322 e. The standard InChI is InChI=1S/C21H32N4O7/c1-4-11(2)17(20(31)23-10-16(28)29)24-21(32)18(12(3)26)25-19(30)15(22)9-13-5-7-14(27)8-6-13/h5-8,11-12,15,17-18,26-27H,4,9-10,22H2,1-3H3,(H,23,31)(H,24,32)(H,25,30)(H,28,29). The van der Waals surface area contributed by atoms with Crippen molar-refractivity contribution in [3.63, 3.8) is 0 Å². The first-order chi connectivity index (χ1) is 15.0. The summed E-state index contributed by atoms with van der Waals surface area (Å²) in [5.74, 6) is -3.68. The fourth-order valence-electron chi connectivity index (χ4n) is 2.86. The largest absolute Gasteiger partial charge is 0.508 e. The lowest BCUT2D eigenvalue weighted by atomic mass is 9.97. The molecule has 0 spiro atoms. The van der Waals surface area contributed by atoms with Crippen molar-refractivity contribution >= 4 is 23.7 Å². The van der Waals surface area contributed by atoms with Gasteiger partial charge in [0.1, 0.15) is 24.4 Å². The molecule has 0 radical (unpaired) electrons. The van der Waals surface area contributed by atoms with Crippen molar-refractivity contribution in [1.82, 2.24) is 16.0 Å². The van der Waals surface area contributed by atoms with E-state index in [9.17, 15) is 29.4 Å². The lowest BCUT2D eigenvalue weighted by molar-refractivity contribution is -0.139. The summed E-state index contributed by atoms with van der Waals surface area (Å²) in [5, 5.41) is 35.2. The molecule has 0 aliphatic rings. The van der Waals surface area contributed by atoms with E-state index in [2.05, 4.69) is 16.0 Å². The van der Waals surface area contributed by atoms with Crippen LogP contribution in [0.15, 0.2) is 24.3 Å². The number of carbonyl (C=O) groups is 4. The molecule has 11 heteroatoms. The van der Waals surface area contributed by atoms with Crippen LogP contribution in [0.5, 0.6) is 5.75 Å². The molecule has 1 aromatic rings. The molecule has 8 N–H and O–H groups in total. The second-order valence-electron chi connectivity index (χ2n) is 7.69. The highest BCUT2D eigenvalue weighted by molar-refractivity contribution is 5.94. The number of phenolic OH excluding ortho intramolecular Hbond substituents is 1. The molecule has 0 saturated heterocycles. The van der Waals surface area contributed by atoms with Crippen molar-refractivity contribution in [3.8, 4) is 5.75 Å². The van der Waals surface area contributed by atoms with Gasteiger partial charge in [-0.25, -0.2) is 0 Å². The molecule has 1 rings (SSSR count). The molecule has 1 aromatic carbocycles. The Balaban J connectivity index is 2.85. The van der Waals surface area contributed by atoms with Gasteiger partial charge < -0.3 is 37.0 Å². The van der Waals surface area contributed by atoms with Gasteiger partial charge in [-0.3, -0.25) is 19.2 Å². The average Bonchev–Trinajstić information content (AvgIpc) is 2.74. The van der Waals surface area contributed by atoms with Crippen LogP contribution < -0.4 is 21.7 Å². The molecule has 5 unspecified atom stereocenters. The van der Waals surface area contributed by atoms with Crippen LogP contribution in [0.25, 0.3) is 0 Å². The van der Waals surface area contributed by atoms with E-state index in [1.165, 1.54) is 19.1 Å². The van der Waals surface area contributed by atoms with E-state index < -0.39 is 54.5 Å². The van der Waals surface area contributed by atoms with Crippen LogP contribution >= 0.6 is 0 Å². The van der Waals surface area contributed by atoms with E-state index in [0.29, 0.717) is 12.0 Å². The quantitative estimate of drug-likeness (QED) is 0.207. The molecule has 0 bridgehead atoms. The van der Waals surface area contributed by atoms with Crippen LogP contribution in [0.3, 0.4) is 0 Å². The van der Waals surface area contributed by atoms with Gasteiger partial charge in [0.15, 0.2) is 0 Å². The molecule has 0 aromatic heterocycles. The number of hydrogen-bond donors (Lipinski definition) is 7. The first-order valence-corrected chi connectivity index (χ1v) is 10.3. The molecule has 0 heterocycles. The van der Waals surface area contributed by atoms with Gasteiger partial charge in [-0.2, -0.15) is 0 Å². The van der Waals surface area contributed by atoms with Crippen LogP contribution in [-0.2, 0) is 25.6 Å². The number of aliphatic hydroxyl groups excluding tert-OH is 1. The third-order valence-electron chi connectivity index (χ3n) is 5.00. The van der Waals surface area contributed by atoms with Crippen LogP contribution in [0, 0.1) is 5.92 Å². The van der Waals surface area contributed by atoms with E-state index in [-0.39, 0.29) is 18.1 Å². The van der Waals surface area contributed by atoms with Crippen LogP contribution in [0.2, 0.25) is 0 Å². The summed E-state index contributed by atoms with van der Waals surface area (Å²) < 4.78 is 0. The Morgan fingerprint density at radius 3 is 2.03 bits per heavy atom. The first-order valence-electron chi connectivity index (χ1n) is 10.3. The number of aliphatic hydroxyl groups is 1. The predicted octanol–water partition coefficient (Wildman–Crippen LogP) is -1.14. The van der Waals surface area contributed by atoms with Gasteiger partial charge >= 0.3 is 5.97 Å². The second-order valence-corrected chi connectivity index (χ2v) is 7.69. The molecule has 178 valence electrons. The number of carboxylic acid groups (broad SMARTS) is 1. The molecular weight excluding hydrogens is 420 g/mol. The number of nitrogens with one attached hydrogen (secondary N) is 3. The number of aliphatic carboxylic acids is 1. The maximum absolute atomic E-state index is 12.8. The summed E-state index contributed by atoms with van der Waals surface area (Å²) in [6.07, 6.45) is -0.651. The van der Waals surface area contributed by atoms with Gasteiger partial charge in [0.05, 0.1) is 12.1 Å². The summed E-state index contributed by atoms with van der Waals surface area (Å²) in [6, 6.07) is 2.65. The Bertz CT molecular complexity index is 798. The molecule has 32 heavy (non-hydrogen) atoms. The SMILES string of the molecule is CCC(C)C(NC(=O)C(NC(=O)C(N)Cc1ccc(O)cc1)C(C)O)C(=O)NCC(=O)O. The lowest BCUT2D eigenvalue weighted by Gasteiger charge is -2.28. The molecule has 11 nitrogen and oxygen atoms in total. The minimum absolute atomic E-state index is 0.0702. The van der Waals surface area contributed by atoms with E-state index in [0.717, 1.165) is 0 Å². The Morgan fingerprint density at radius 2 is 1.53 bits per heavy atom. The topological polar surface area (TPSA) is 191 Å². The van der Waals surface area contributed by atoms with E-state index in [4.69, 9.17) is 10.8 Å². The Morgan fingerprint density at radius 1 is 0.969 bits per heavy atom. The maximum atomic E-state index is 12.8. The van der Waals surface area contributed by atoms with Crippen molar-refractivity contribution < 1.29 is 34.5 Å². The summed E-state index contributed by atoms with van der Waals surface area (Å²) in [4.78, 5) is 48.3. The number of benzene rings is 1. The highest BCUT2D eigenvalue weighted by Gasteiger charge is 2.33. The molecule has 0 fully saturated rings. The maximum Gasteiger partial charge on any atom is 0.322 e. The van der Waals surface area contributed by atoms with Crippen molar-refractivity contribution in [2.45, 2.75) is 57.8 Å². The van der Waals surface area contributed by atoms with Gasteiger partial charge in [0.2, 0.25) is 17.7 Å². The number of phenols is 1. The molecule has 0 aliphatic heterocycles. The molecular formula is C21H32N4O7. The fraction of sp³-hybridized carbons (Fsp3) is 0.524. The highest BCUT2D eigenvalue weighted by atomic mass is 16.4. The Hall–Kier alpha value is -3.18. The van der Waals surface area contributed by atoms with Gasteiger partial charge in [-0.15, -0.1) is 0 Å². The number of carbonyl (C=O) groups excluding carboxylic acids is 3. The fourth-order valence-corrected chi connectivity index (χ4v) is 2.86. The normalized spacial score (nSPS) is 15.5. The number of rotatable bonds is 12. The van der Waals surface area contributed by atoms with E-state index in [1.807, 2.05) is 0 Å². The highest BCUT2D eigenvalue weighted by Crippen LogP contribution is 2.12. The van der Waals surface area contributed by atoms with Gasteiger partial charge in [0, 0.05) is 0 Å². The van der Waals surface area contributed by atoms with Crippen molar-refractivity contribution in [3.05, 3.63) is 29.8 Å². The van der Waals surface area contributed by atoms with Crippen molar-refractivity contribution in [2.75, 3.05) is 6.54 Å². The minimum Gasteiger partial charge on any atom is -0.508 e. The molecule has 3 amide bonds. The van der Waals surface area contributed by atoms with Crippen molar-refractivity contribution in [1.29, 1.82) is 0 Å². The summed E-state index contributed by atoms with van der Waals surface area (Å²) in [5.41, 5.74) is 6.61. The third kappa shape index (κ3) is 8.52. The number of amides is 3. The zero-order valence-electron chi connectivity index (χ0n) is 18.4. The summed E-state index contributed by atoms with van der Waals surface area (Å²) in [6.45, 7) is 4.20. The lowest BCUT2D eigenvalue weighted by Crippen LogP contribution is -2.60. The number of aromatic hydroxyl groups is 1. The zero-order chi connectivity index (χ0) is 24.4. The van der Waals surface area contributed by atoms with Crippen LogP contribution in [0.4, 0.5) is 0 Å². The van der Waals surface area contributed by atoms with Gasteiger partial charge in [-0.1, -0.05) is 32.4 Å². The van der Waals surface area contributed by atoms with Crippen molar-refractivity contribution in [2.24, 2.45) is 11.7 Å². The van der Waals surface area contributed by atoms with E-state index >= 15 is 0 Å².